The van der Waals surface area contributed by atoms with Crippen LogP contribution in [0.5, 0.6) is 5.75 Å². The Kier molecular flexibility index (Phi) is 3.59. The van der Waals surface area contributed by atoms with Crippen LogP contribution >= 0.6 is 0 Å². The zero-order valence-corrected chi connectivity index (χ0v) is 8.99. The Labute approximate surface area is 97.4 Å². The molecule has 0 spiro atoms. The van der Waals surface area contributed by atoms with E-state index in [0.717, 1.165) is 11.3 Å². The van der Waals surface area contributed by atoms with Crippen LogP contribution in [0.1, 0.15) is 5.56 Å². The Morgan fingerprint density at radius 2 is 1.94 bits per heavy atom. The highest BCUT2D eigenvalue weighted by Crippen LogP contribution is 2.18. The molecule has 0 fully saturated rings. The van der Waals surface area contributed by atoms with Gasteiger partial charge in [-0.3, -0.25) is 0 Å². The van der Waals surface area contributed by atoms with Gasteiger partial charge in [-0.2, -0.15) is 8.78 Å². The smallest absolute Gasteiger partial charge is 0.387 e. The molecule has 1 heterocycles. The van der Waals surface area contributed by atoms with Gasteiger partial charge in [0, 0.05) is 24.6 Å². The van der Waals surface area contributed by atoms with Crippen LogP contribution in [-0.4, -0.2) is 11.6 Å². The number of alkyl halides is 2. The van der Waals surface area contributed by atoms with Gasteiger partial charge < -0.3 is 15.0 Å². The van der Waals surface area contributed by atoms with Crippen molar-refractivity contribution in [1.82, 2.24) is 4.98 Å². The van der Waals surface area contributed by atoms with Gasteiger partial charge >= 0.3 is 6.61 Å². The van der Waals surface area contributed by atoms with E-state index in [-0.39, 0.29) is 5.75 Å². The summed E-state index contributed by atoms with van der Waals surface area (Å²) in [6.07, 6.45) is 3.73. The van der Waals surface area contributed by atoms with Crippen molar-refractivity contribution in [2.24, 2.45) is 0 Å². The zero-order chi connectivity index (χ0) is 12.1. The highest BCUT2D eigenvalue weighted by Gasteiger charge is 2.03. The minimum absolute atomic E-state index is 0.159. The standard InChI is InChI=1S/C12H12F2N2O/c13-12(14)17-11-3-1-10(2-4-11)16-8-9-5-6-15-7-9/h1-7,12,15-16H,8H2. The fraction of sp³-hybridized carbons (Fsp3) is 0.167. The molecule has 0 saturated heterocycles. The van der Waals surface area contributed by atoms with Gasteiger partial charge in [0.25, 0.3) is 0 Å². The van der Waals surface area contributed by atoms with E-state index in [1.165, 1.54) is 12.1 Å². The summed E-state index contributed by atoms with van der Waals surface area (Å²) < 4.78 is 28.1. The number of rotatable bonds is 5. The van der Waals surface area contributed by atoms with E-state index in [1.54, 1.807) is 12.1 Å². The molecule has 0 radical (unpaired) electrons. The molecule has 0 atom stereocenters. The molecule has 90 valence electrons. The first-order chi connectivity index (χ1) is 8.24. The quantitative estimate of drug-likeness (QED) is 0.839. The third-order valence-electron chi connectivity index (χ3n) is 2.24. The van der Waals surface area contributed by atoms with Crippen LogP contribution < -0.4 is 10.1 Å². The number of ether oxygens (including phenoxy) is 1. The first kappa shape index (κ1) is 11.4. The average Bonchev–Trinajstić information content (AvgIpc) is 2.80. The van der Waals surface area contributed by atoms with E-state index in [2.05, 4.69) is 15.0 Å². The number of H-pyrrole nitrogens is 1. The summed E-state index contributed by atoms with van der Waals surface area (Å²) in [5.41, 5.74) is 1.98. The molecule has 2 N–H and O–H groups in total. The number of hydrogen-bond donors (Lipinski definition) is 2. The summed E-state index contributed by atoms with van der Waals surface area (Å²) in [6.45, 7) is -2.10. The molecule has 0 amide bonds. The number of aromatic nitrogens is 1. The van der Waals surface area contributed by atoms with E-state index < -0.39 is 6.61 Å². The van der Waals surface area contributed by atoms with Crippen LogP contribution in [0.3, 0.4) is 0 Å². The second kappa shape index (κ2) is 5.34. The minimum atomic E-state index is -2.78. The Morgan fingerprint density at radius 3 is 2.53 bits per heavy atom. The van der Waals surface area contributed by atoms with Crippen molar-refractivity contribution in [1.29, 1.82) is 0 Å². The van der Waals surface area contributed by atoms with Crippen molar-refractivity contribution in [3.05, 3.63) is 48.3 Å². The fourth-order valence-corrected chi connectivity index (χ4v) is 1.43. The molecule has 0 aliphatic heterocycles. The Bertz CT molecular complexity index is 440. The molecule has 17 heavy (non-hydrogen) atoms. The number of aromatic amines is 1. The van der Waals surface area contributed by atoms with Gasteiger partial charge in [0.1, 0.15) is 5.75 Å². The molecule has 0 saturated carbocycles. The second-order valence-electron chi connectivity index (χ2n) is 3.48. The van der Waals surface area contributed by atoms with Gasteiger partial charge in [-0.1, -0.05) is 0 Å². The van der Waals surface area contributed by atoms with Crippen molar-refractivity contribution in [2.75, 3.05) is 5.32 Å². The molecule has 5 heteroatoms. The monoisotopic (exact) mass is 238 g/mol. The zero-order valence-electron chi connectivity index (χ0n) is 8.99. The first-order valence-corrected chi connectivity index (χ1v) is 5.14. The molecule has 1 aromatic heterocycles. The third-order valence-corrected chi connectivity index (χ3v) is 2.24. The predicted octanol–water partition coefficient (Wildman–Crippen LogP) is 3.23. The second-order valence-corrected chi connectivity index (χ2v) is 3.48. The highest BCUT2D eigenvalue weighted by atomic mass is 19.3. The van der Waals surface area contributed by atoms with E-state index >= 15 is 0 Å². The molecular weight excluding hydrogens is 226 g/mol. The Balaban J connectivity index is 1.89. The Hall–Kier alpha value is -2.04. The molecule has 1 aromatic carbocycles. The number of benzene rings is 1. The lowest BCUT2D eigenvalue weighted by molar-refractivity contribution is -0.0498. The van der Waals surface area contributed by atoms with Crippen molar-refractivity contribution in [2.45, 2.75) is 13.2 Å². The summed E-state index contributed by atoms with van der Waals surface area (Å²) in [5.74, 6) is 0.159. The van der Waals surface area contributed by atoms with Crippen molar-refractivity contribution >= 4 is 5.69 Å². The van der Waals surface area contributed by atoms with Crippen molar-refractivity contribution in [3.63, 3.8) is 0 Å². The van der Waals surface area contributed by atoms with Crippen molar-refractivity contribution < 1.29 is 13.5 Å². The number of nitrogens with one attached hydrogen (secondary N) is 2. The molecule has 2 rings (SSSR count). The van der Waals surface area contributed by atoms with Crippen LogP contribution in [-0.2, 0) is 6.54 Å². The highest BCUT2D eigenvalue weighted by molar-refractivity contribution is 5.46. The van der Waals surface area contributed by atoms with Gasteiger partial charge in [-0.05, 0) is 35.9 Å². The lowest BCUT2D eigenvalue weighted by atomic mass is 10.3. The molecule has 0 aliphatic rings. The maximum absolute atomic E-state index is 11.9. The molecule has 0 aliphatic carbocycles. The van der Waals surface area contributed by atoms with Crippen LogP contribution in [0.15, 0.2) is 42.7 Å². The third kappa shape index (κ3) is 3.48. The Morgan fingerprint density at radius 1 is 1.18 bits per heavy atom. The van der Waals surface area contributed by atoms with Crippen LogP contribution in [0.4, 0.5) is 14.5 Å². The van der Waals surface area contributed by atoms with E-state index in [0.29, 0.717) is 6.54 Å². The summed E-state index contributed by atoms with van der Waals surface area (Å²) in [6, 6.07) is 8.37. The maximum Gasteiger partial charge on any atom is 0.387 e. The molecule has 0 unspecified atom stereocenters. The van der Waals surface area contributed by atoms with E-state index in [1.807, 2.05) is 18.5 Å². The maximum atomic E-state index is 11.9. The number of hydrogen-bond acceptors (Lipinski definition) is 2. The van der Waals surface area contributed by atoms with Gasteiger partial charge in [-0.15, -0.1) is 0 Å². The summed E-state index contributed by atoms with van der Waals surface area (Å²) in [7, 11) is 0. The van der Waals surface area contributed by atoms with Gasteiger partial charge in [-0.25, -0.2) is 0 Å². The normalized spacial score (nSPS) is 10.5. The van der Waals surface area contributed by atoms with E-state index in [9.17, 15) is 8.78 Å². The van der Waals surface area contributed by atoms with Crippen LogP contribution in [0.25, 0.3) is 0 Å². The van der Waals surface area contributed by atoms with Crippen LogP contribution in [0.2, 0.25) is 0 Å². The lowest BCUT2D eigenvalue weighted by Gasteiger charge is -2.07. The largest absolute Gasteiger partial charge is 0.435 e. The van der Waals surface area contributed by atoms with Gasteiger partial charge in [0.05, 0.1) is 0 Å². The molecule has 2 aromatic rings. The van der Waals surface area contributed by atoms with Crippen molar-refractivity contribution in [3.8, 4) is 5.75 Å². The minimum Gasteiger partial charge on any atom is -0.435 e. The lowest BCUT2D eigenvalue weighted by Crippen LogP contribution is -2.02. The molecule has 3 nitrogen and oxygen atoms in total. The summed E-state index contributed by atoms with van der Waals surface area (Å²) >= 11 is 0. The van der Waals surface area contributed by atoms with Crippen LogP contribution in [0, 0.1) is 0 Å². The molecular formula is C12H12F2N2O. The summed E-state index contributed by atoms with van der Waals surface area (Å²) in [5, 5.41) is 3.16. The summed E-state index contributed by atoms with van der Waals surface area (Å²) in [4.78, 5) is 2.95. The van der Waals surface area contributed by atoms with Gasteiger partial charge in [0.15, 0.2) is 0 Å². The number of anilines is 1. The fourth-order valence-electron chi connectivity index (χ4n) is 1.43. The SMILES string of the molecule is FC(F)Oc1ccc(NCc2cc[nH]c2)cc1. The topological polar surface area (TPSA) is 37.0 Å². The molecule has 0 bridgehead atoms. The predicted molar refractivity (Wildman–Crippen MR) is 61.2 cm³/mol. The van der Waals surface area contributed by atoms with E-state index in [4.69, 9.17) is 0 Å². The number of halogens is 2. The average molecular weight is 238 g/mol. The first-order valence-electron chi connectivity index (χ1n) is 5.14. The van der Waals surface area contributed by atoms with Gasteiger partial charge in [0.2, 0.25) is 0 Å².